The Hall–Kier alpha value is -1.28. The van der Waals surface area contributed by atoms with Gasteiger partial charge >= 0.3 is 12.0 Å². The number of carbonyl (C=O) groups excluding carboxylic acids is 1. The summed E-state index contributed by atoms with van der Waals surface area (Å²) in [4.78, 5) is 10.6. The van der Waals surface area contributed by atoms with Gasteiger partial charge in [0.15, 0.2) is 0 Å². The monoisotopic (exact) mass is 298 g/mol. The highest BCUT2D eigenvalue weighted by Crippen LogP contribution is 2.25. The van der Waals surface area contributed by atoms with Crippen LogP contribution in [0.5, 0.6) is 5.75 Å². The van der Waals surface area contributed by atoms with E-state index in [1.807, 2.05) is 0 Å². The van der Waals surface area contributed by atoms with Gasteiger partial charge in [0.25, 0.3) is 0 Å². The fourth-order valence-electron chi connectivity index (χ4n) is 0.819. The first-order valence-electron chi connectivity index (χ1n) is 3.90. The van der Waals surface area contributed by atoms with E-state index < -0.39 is 23.6 Å². The van der Waals surface area contributed by atoms with Crippen molar-refractivity contribution in [1.29, 1.82) is 0 Å². The first kappa shape index (κ1) is 12.8. The number of benzene rings is 1. The molecule has 1 amide bonds. The van der Waals surface area contributed by atoms with E-state index in [4.69, 9.17) is 0 Å². The van der Waals surface area contributed by atoms with E-state index in [1.165, 1.54) is 11.5 Å². The van der Waals surface area contributed by atoms with E-state index >= 15 is 0 Å². The SMILES string of the molecule is NNC(=O)C(F)(F)Oc1ccc(Br)c(F)c1. The predicted octanol–water partition coefficient (Wildman–Crippen LogP) is 1.55. The number of hydrogen-bond donors (Lipinski definition) is 2. The van der Waals surface area contributed by atoms with Crippen LogP contribution in [0.2, 0.25) is 0 Å². The van der Waals surface area contributed by atoms with Crippen LogP contribution in [0, 0.1) is 5.82 Å². The Morgan fingerprint density at radius 2 is 2.12 bits per heavy atom. The first-order valence-corrected chi connectivity index (χ1v) is 4.69. The van der Waals surface area contributed by atoms with Crippen molar-refractivity contribution < 1.29 is 22.7 Å². The van der Waals surface area contributed by atoms with Gasteiger partial charge in [-0.25, -0.2) is 10.2 Å². The molecule has 1 aromatic carbocycles. The third kappa shape index (κ3) is 2.86. The zero-order chi connectivity index (χ0) is 12.3. The van der Waals surface area contributed by atoms with Crippen LogP contribution >= 0.6 is 15.9 Å². The van der Waals surface area contributed by atoms with Gasteiger partial charge in [0.05, 0.1) is 4.47 Å². The van der Waals surface area contributed by atoms with Crippen molar-refractivity contribution >= 4 is 21.8 Å². The summed E-state index contributed by atoms with van der Waals surface area (Å²) in [5, 5.41) is 0. The molecule has 1 rings (SSSR count). The van der Waals surface area contributed by atoms with Crippen molar-refractivity contribution in [2.45, 2.75) is 6.11 Å². The third-order valence-electron chi connectivity index (χ3n) is 1.53. The Morgan fingerprint density at radius 1 is 1.50 bits per heavy atom. The van der Waals surface area contributed by atoms with Crippen molar-refractivity contribution in [2.24, 2.45) is 5.84 Å². The van der Waals surface area contributed by atoms with Crippen molar-refractivity contribution in [3.05, 3.63) is 28.5 Å². The number of hydrazine groups is 1. The molecule has 1 aromatic rings. The minimum atomic E-state index is -4.16. The summed E-state index contributed by atoms with van der Waals surface area (Å²) in [6.45, 7) is 0. The molecule has 0 radical (unpaired) electrons. The molecular weight excluding hydrogens is 293 g/mol. The molecule has 0 unspecified atom stereocenters. The molecule has 0 heterocycles. The van der Waals surface area contributed by atoms with Crippen molar-refractivity contribution in [3.63, 3.8) is 0 Å². The molecule has 0 atom stereocenters. The molecule has 0 spiro atoms. The maximum absolute atomic E-state index is 12.9. The van der Waals surface area contributed by atoms with Crippen molar-refractivity contribution in [3.8, 4) is 5.75 Å². The molecule has 0 aromatic heterocycles. The van der Waals surface area contributed by atoms with Gasteiger partial charge in [-0.3, -0.25) is 10.2 Å². The highest BCUT2D eigenvalue weighted by atomic mass is 79.9. The lowest BCUT2D eigenvalue weighted by molar-refractivity contribution is -0.192. The molecule has 4 nitrogen and oxygen atoms in total. The predicted molar refractivity (Wildman–Crippen MR) is 52.0 cm³/mol. The fraction of sp³-hybridized carbons (Fsp3) is 0.125. The minimum absolute atomic E-state index is 0.0893. The van der Waals surface area contributed by atoms with Crippen LogP contribution in [0.3, 0.4) is 0 Å². The summed E-state index contributed by atoms with van der Waals surface area (Å²) in [6, 6.07) is 2.95. The molecule has 0 saturated heterocycles. The summed E-state index contributed by atoms with van der Waals surface area (Å²) in [5.74, 6) is 1.42. The number of alkyl halides is 2. The molecule has 88 valence electrons. The molecule has 16 heavy (non-hydrogen) atoms. The minimum Gasteiger partial charge on any atom is -0.425 e. The van der Waals surface area contributed by atoms with Gasteiger partial charge in [0, 0.05) is 6.07 Å². The van der Waals surface area contributed by atoms with Crippen LogP contribution in [-0.2, 0) is 4.79 Å². The van der Waals surface area contributed by atoms with Gasteiger partial charge in [-0.2, -0.15) is 8.78 Å². The zero-order valence-electron chi connectivity index (χ0n) is 7.64. The average molecular weight is 299 g/mol. The lowest BCUT2D eigenvalue weighted by atomic mass is 10.3. The summed E-state index contributed by atoms with van der Waals surface area (Å²) in [6.07, 6.45) is -4.16. The molecule has 0 fully saturated rings. The van der Waals surface area contributed by atoms with Gasteiger partial charge in [-0.05, 0) is 28.1 Å². The number of carbonyl (C=O) groups is 1. The summed E-state index contributed by atoms with van der Waals surface area (Å²) >= 11 is 2.83. The number of rotatable bonds is 3. The molecular formula is C8H6BrF3N2O2. The van der Waals surface area contributed by atoms with Crippen LogP contribution in [0.25, 0.3) is 0 Å². The molecule has 0 aliphatic carbocycles. The van der Waals surface area contributed by atoms with E-state index in [0.29, 0.717) is 6.07 Å². The number of nitrogens with one attached hydrogen (secondary N) is 1. The highest BCUT2D eigenvalue weighted by Gasteiger charge is 2.41. The van der Waals surface area contributed by atoms with E-state index in [-0.39, 0.29) is 4.47 Å². The van der Waals surface area contributed by atoms with E-state index in [2.05, 4.69) is 26.5 Å². The largest absolute Gasteiger partial charge is 0.483 e. The number of hydrogen-bond acceptors (Lipinski definition) is 3. The maximum atomic E-state index is 12.9. The van der Waals surface area contributed by atoms with E-state index in [0.717, 1.165) is 6.07 Å². The number of nitrogens with two attached hydrogens (primary N) is 1. The number of ether oxygens (including phenoxy) is 1. The fourth-order valence-corrected chi connectivity index (χ4v) is 1.07. The molecule has 0 aliphatic heterocycles. The molecule has 0 bridgehead atoms. The molecule has 0 aliphatic rings. The van der Waals surface area contributed by atoms with Crippen LogP contribution < -0.4 is 16.0 Å². The van der Waals surface area contributed by atoms with Gasteiger partial charge in [0.1, 0.15) is 11.6 Å². The Kier molecular flexibility index (Phi) is 3.76. The maximum Gasteiger partial charge on any atom is 0.483 e. The lowest BCUT2D eigenvalue weighted by Crippen LogP contribution is -2.47. The standard InChI is InChI=1S/C8H6BrF3N2O2/c9-5-2-1-4(3-6(5)10)16-8(11,12)7(15)14-13/h1-3H,13H2,(H,14,15). The second-order valence-corrected chi connectivity index (χ2v) is 3.52. The molecule has 8 heteroatoms. The topological polar surface area (TPSA) is 64.3 Å². The van der Waals surface area contributed by atoms with E-state index in [9.17, 15) is 18.0 Å². The quantitative estimate of drug-likeness (QED) is 0.505. The van der Waals surface area contributed by atoms with E-state index in [1.54, 1.807) is 0 Å². The van der Waals surface area contributed by atoms with Crippen molar-refractivity contribution in [2.75, 3.05) is 0 Å². The van der Waals surface area contributed by atoms with Crippen LogP contribution in [0.15, 0.2) is 22.7 Å². The number of amides is 1. The van der Waals surface area contributed by atoms with Gasteiger partial charge in [-0.1, -0.05) is 0 Å². The molecule has 3 N–H and O–H groups in total. The second kappa shape index (κ2) is 4.71. The first-order chi connectivity index (χ1) is 7.36. The smallest absolute Gasteiger partial charge is 0.425 e. The number of halogens is 4. The summed E-state index contributed by atoms with van der Waals surface area (Å²) in [7, 11) is 0. The van der Waals surface area contributed by atoms with Crippen LogP contribution in [0.1, 0.15) is 0 Å². The van der Waals surface area contributed by atoms with Gasteiger partial charge < -0.3 is 4.74 Å². The normalized spacial score (nSPS) is 11.1. The van der Waals surface area contributed by atoms with Gasteiger partial charge in [0.2, 0.25) is 0 Å². The summed E-state index contributed by atoms with van der Waals surface area (Å²) < 4.78 is 42.8. The Bertz CT molecular complexity index is 414. The Morgan fingerprint density at radius 3 is 2.62 bits per heavy atom. The zero-order valence-corrected chi connectivity index (χ0v) is 9.22. The van der Waals surface area contributed by atoms with Crippen molar-refractivity contribution in [1.82, 2.24) is 5.43 Å². The Labute approximate surface area is 96.7 Å². The molecule has 0 saturated carbocycles. The lowest BCUT2D eigenvalue weighted by Gasteiger charge is -2.15. The average Bonchev–Trinajstić information content (AvgIpc) is 2.22. The van der Waals surface area contributed by atoms with Gasteiger partial charge in [-0.15, -0.1) is 0 Å². The summed E-state index contributed by atoms with van der Waals surface area (Å²) in [5.41, 5.74) is 1.23. The highest BCUT2D eigenvalue weighted by molar-refractivity contribution is 9.10. The van der Waals surface area contributed by atoms with Crippen LogP contribution in [0.4, 0.5) is 13.2 Å². The third-order valence-corrected chi connectivity index (χ3v) is 2.18. The second-order valence-electron chi connectivity index (χ2n) is 2.67. The van der Waals surface area contributed by atoms with Crippen LogP contribution in [-0.4, -0.2) is 12.0 Å². The Balaban J connectivity index is 2.88.